The van der Waals surface area contributed by atoms with Crippen LogP contribution < -0.4 is 0 Å². The standard InChI is InChI=1S/C22H28N2O6S/c1-14(2)17-6-8-18(9-7-17)21(25)23-10-12-24(13-11-23)31(27,28)20-16(4)30-15(3)19(20)22(26)29-5/h6-9,14H,10-13H2,1-5H3. The Morgan fingerprint density at radius 2 is 1.58 bits per heavy atom. The van der Waals surface area contributed by atoms with Gasteiger partial charge in [-0.25, -0.2) is 13.2 Å². The lowest BCUT2D eigenvalue weighted by atomic mass is 10.0. The summed E-state index contributed by atoms with van der Waals surface area (Å²) in [5.41, 5.74) is 1.65. The highest BCUT2D eigenvalue weighted by Crippen LogP contribution is 2.30. The van der Waals surface area contributed by atoms with Crippen molar-refractivity contribution >= 4 is 21.9 Å². The molecule has 9 heteroatoms. The summed E-state index contributed by atoms with van der Waals surface area (Å²) in [7, 11) is -2.79. The molecule has 0 spiro atoms. The maximum Gasteiger partial charge on any atom is 0.342 e. The Balaban J connectivity index is 1.76. The first-order chi connectivity index (χ1) is 14.6. The molecule has 0 radical (unpaired) electrons. The van der Waals surface area contributed by atoms with Crippen molar-refractivity contribution in [3.05, 3.63) is 52.5 Å². The van der Waals surface area contributed by atoms with E-state index in [-0.39, 0.29) is 54.1 Å². The van der Waals surface area contributed by atoms with Crippen LogP contribution in [0.25, 0.3) is 0 Å². The van der Waals surface area contributed by atoms with Gasteiger partial charge >= 0.3 is 5.97 Å². The Hall–Kier alpha value is -2.65. The zero-order chi connectivity index (χ0) is 22.9. The summed E-state index contributed by atoms with van der Waals surface area (Å²) in [6.45, 7) is 7.98. The van der Waals surface area contributed by atoms with E-state index in [9.17, 15) is 18.0 Å². The minimum atomic E-state index is -3.99. The second kappa shape index (κ2) is 8.84. The molecular formula is C22H28N2O6S. The van der Waals surface area contributed by atoms with Gasteiger partial charge in [-0.2, -0.15) is 4.31 Å². The van der Waals surface area contributed by atoms with Gasteiger partial charge in [0, 0.05) is 31.7 Å². The molecule has 8 nitrogen and oxygen atoms in total. The summed E-state index contributed by atoms with van der Waals surface area (Å²) in [6, 6.07) is 7.50. The smallest absolute Gasteiger partial charge is 0.342 e. The Bertz CT molecular complexity index is 1080. The van der Waals surface area contributed by atoms with Crippen molar-refractivity contribution in [2.75, 3.05) is 33.3 Å². The van der Waals surface area contributed by atoms with Crippen LogP contribution in [-0.4, -0.2) is 62.8 Å². The number of rotatable bonds is 5. The van der Waals surface area contributed by atoms with E-state index >= 15 is 0 Å². The van der Waals surface area contributed by atoms with Crippen LogP contribution in [0.15, 0.2) is 33.6 Å². The Morgan fingerprint density at radius 1 is 1.00 bits per heavy atom. The lowest BCUT2D eigenvalue weighted by Gasteiger charge is -2.34. The van der Waals surface area contributed by atoms with Crippen LogP contribution in [0.3, 0.4) is 0 Å². The summed E-state index contributed by atoms with van der Waals surface area (Å²) < 4.78 is 38.0. The normalized spacial score (nSPS) is 15.4. The van der Waals surface area contributed by atoms with Gasteiger partial charge in [-0.05, 0) is 37.5 Å². The number of hydrogen-bond donors (Lipinski definition) is 0. The minimum Gasteiger partial charge on any atom is -0.465 e. The number of benzene rings is 1. The third-order valence-corrected chi connectivity index (χ3v) is 7.60. The van der Waals surface area contributed by atoms with E-state index in [1.54, 1.807) is 17.0 Å². The summed E-state index contributed by atoms with van der Waals surface area (Å²) in [5.74, 6) is -0.171. The monoisotopic (exact) mass is 448 g/mol. The fraction of sp³-hybridized carbons (Fsp3) is 0.455. The summed E-state index contributed by atoms with van der Waals surface area (Å²) in [4.78, 5) is 26.5. The molecule has 1 aromatic carbocycles. The number of amides is 1. The van der Waals surface area contributed by atoms with Gasteiger partial charge < -0.3 is 14.1 Å². The number of aryl methyl sites for hydroxylation is 2. The van der Waals surface area contributed by atoms with Gasteiger partial charge in [-0.15, -0.1) is 0 Å². The van der Waals surface area contributed by atoms with Crippen molar-refractivity contribution in [2.45, 2.75) is 38.5 Å². The zero-order valence-corrected chi connectivity index (χ0v) is 19.3. The quantitative estimate of drug-likeness (QED) is 0.653. The van der Waals surface area contributed by atoms with E-state index in [1.165, 1.54) is 25.3 Å². The van der Waals surface area contributed by atoms with Crippen LogP contribution in [0, 0.1) is 13.8 Å². The maximum absolute atomic E-state index is 13.3. The number of piperazine rings is 1. The van der Waals surface area contributed by atoms with Gasteiger partial charge in [0.25, 0.3) is 5.91 Å². The molecule has 0 saturated carbocycles. The number of nitrogens with zero attached hydrogens (tertiary/aromatic N) is 2. The maximum atomic E-state index is 13.3. The van der Waals surface area contributed by atoms with Crippen molar-refractivity contribution in [3.8, 4) is 0 Å². The molecule has 1 aliphatic heterocycles. The molecule has 3 rings (SSSR count). The van der Waals surface area contributed by atoms with Gasteiger partial charge in [-0.3, -0.25) is 4.79 Å². The van der Waals surface area contributed by atoms with E-state index in [1.807, 2.05) is 12.1 Å². The lowest BCUT2D eigenvalue weighted by Crippen LogP contribution is -2.50. The van der Waals surface area contributed by atoms with Crippen molar-refractivity contribution in [1.29, 1.82) is 0 Å². The average molecular weight is 449 g/mol. The van der Waals surface area contributed by atoms with Crippen molar-refractivity contribution < 1.29 is 27.2 Å². The number of esters is 1. The predicted molar refractivity (Wildman–Crippen MR) is 115 cm³/mol. The molecule has 0 aliphatic carbocycles. The number of carbonyl (C=O) groups is 2. The Labute approximate surface area is 182 Å². The molecule has 0 unspecified atom stereocenters. The molecule has 1 aliphatic rings. The highest BCUT2D eigenvalue weighted by atomic mass is 32.2. The first kappa shape index (κ1) is 23.0. The number of carbonyl (C=O) groups excluding carboxylic acids is 2. The molecule has 0 bridgehead atoms. The van der Waals surface area contributed by atoms with Crippen molar-refractivity contribution in [2.24, 2.45) is 0 Å². The van der Waals surface area contributed by atoms with Crippen LogP contribution in [0.4, 0.5) is 0 Å². The molecule has 168 valence electrons. The van der Waals surface area contributed by atoms with Crippen LogP contribution in [-0.2, 0) is 14.8 Å². The molecule has 1 fully saturated rings. The van der Waals surface area contributed by atoms with E-state index < -0.39 is 16.0 Å². The molecular weight excluding hydrogens is 420 g/mol. The van der Waals surface area contributed by atoms with E-state index in [0.717, 1.165) is 5.56 Å². The van der Waals surface area contributed by atoms with Gasteiger partial charge in [0.1, 0.15) is 22.0 Å². The van der Waals surface area contributed by atoms with E-state index in [2.05, 4.69) is 13.8 Å². The Morgan fingerprint density at radius 3 is 2.10 bits per heavy atom. The van der Waals surface area contributed by atoms with Crippen LogP contribution >= 0.6 is 0 Å². The molecule has 2 aromatic rings. The Kier molecular flexibility index (Phi) is 6.56. The predicted octanol–water partition coefficient (Wildman–Crippen LogP) is 2.95. The fourth-order valence-corrected chi connectivity index (χ4v) is 5.56. The molecule has 2 heterocycles. The summed E-state index contributed by atoms with van der Waals surface area (Å²) in [6.07, 6.45) is 0. The zero-order valence-electron chi connectivity index (χ0n) is 18.5. The fourth-order valence-electron chi connectivity index (χ4n) is 3.77. The largest absolute Gasteiger partial charge is 0.465 e. The first-order valence-corrected chi connectivity index (χ1v) is 11.6. The minimum absolute atomic E-state index is 0.0799. The molecule has 1 amide bonds. The molecule has 0 atom stereocenters. The second-order valence-electron chi connectivity index (χ2n) is 7.88. The lowest BCUT2D eigenvalue weighted by molar-refractivity contribution is 0.0594. The van der Waals surface area contributed by atoms with Crippen molar-refractivity contribution in [3.63, 3.8) is 0 Å². The van der Waals surface area contributed by atoms with Crippen LogP contribution in [0.5, 0.6) is 0 Å². The summed E-state index contributed by atoms with van der Waals surface area (Å²) in [5, 5.41) is 0. The molecule has 1 saturated heterocycles. The SMILES string of the molecule is COC(=O)c1c(C)oc(C)c1S(=O)(=O)N1CCN(C(=O)c2ccc(C(C)C)cc2)CC1. The number of furan rings is 1. The van der Waals surface area contributed by atoms with Crippen molar-refractivity contribution in [1.82, 2.24) is 9.21 Å². The molecule has 0 N–H and O–H groups in total. The topological polar surface area (TPSA) is 97.1 Å². The highest BCUT2D eigenvalue weighted by Gasteiger charge is 2.37. The van der Waals surface area contributed by atoms with Crippen LogP contribution in [0.2, 0.25) is 0 Å². The second-order valence-corrected chi connectivity index (χ2v) is 9.76. The molecule has 31 heavy (non-hydrogen) atoms. The number of ether oxygens (including phenoxy) is 1. The van der Waals surface area contributed by atoms with Gasteiger partial charge in [0.05, 0.1) is 7.11 Å². The average Bonchev–Trinajstić information content (AvgIpc) is 3.07. The number of methoxy groups -OCH3 is 1. The highest BCUT2D eigenvalue weighted by molar-refractivity contribution is 7.89. The van der Waals surface area contributed by atoms with Gasteiger partial charge in [-0.1, -0.05) is 26.0 Å². The van der Waals surface area contributed by atoms with Crippen LogP contribution in [0.1, 0.15) is 57.6 Å². The van der Waals surface area contributed by atoms with E-state index in [4.69, 9.17) is 9.15 Å². The summed E-state index contributed by atoms with van der Waals surface area (Å²) >= 11 is 0. The van der Waals surface area contributed by atoms with E-state index in [0.29, 0.717) is 11.5 Å². The number of hydrogen-bond acceptors (Lipinski definition) is 6. The third kappa shape index (κ3) is 4.38. The van der Waals surface area contributed by atoms with Gasteiger partial charge in [0.2, 0.25) is 10.0 Å². The third-order valence-electron chi connectivity index (χ3n) is 5.54. The number of sulfonamides is 1. The van der Waals surface area contributed by atoms with Gasteiger partial charge in [0.15, 0.2) is 0 Å². The first-order valence-electron chi connectivity index (χ1n) is 10.2. The molecule has 1 aromatic heterocycles.